The van der Waals surface area contributed by atoms with E-state index < -0.39 is 11.2 Å². The van der Waals surface area contributed by atoms with Crippen LogP contribution in [0, 0.1) is 6.92 Å². The van der Waals surface area contributed by atoms with Gasteiger partial charge >= 0.3 is 5.69 Å². The molecule has 8 nitrogen and oxygen atoms in total. The minimum atomic E-state index is -0.545. The van der Waals surface area contributed by atoms with E-state index in [0.717, 1.165) is 22.4 Å². The normalized spacial score (nSPS) is 11.0. The molecule has 0 radical (unpaired) electrons. The number of methoxy groups -OCH3 is 1. The third-order valence-corrected chi connectivity index (χ3v) is 4.36. The average Bonchev–Trinajstić information content (AvgIpc) is 3.15. The first kappa shape index (κ1) is 16.8. The second kappa shape index (κ2) is 6.56. The van der Waals surface area contributed by atoms with Gasteiger partial charge in [-0.25, -0.2) is 9.78 Å². The van der Waals surface area contributed by atoms with E-state index in [9.17, 15) is 9.59 Å². The van der Waals surface area contributed by atoms with E-state index in [0.29, 0.717) is 17.8 Å². The standard InChI is InChI=1S/C19H17N5O3/c1-11-8-14(21-17-16(11)22-19(26)23-18(17)25)12-4-5-15(27-2)13(9-12)10-24-7-3-6-20-24/h3-9H,10H2,1-2H3,(H2,22,23,25,26). The lowest BCUT2D eigenvalue weighted by Crippen LogP contribution is -2.23. The first-order valence-corrected chi connectivity index (χ1v) is 8.34. The smallest absolute Gasteiger partial charge is 0.326 e. The summed E-state index contributed by atoms with van der Waals surface area (Å²) in [4.78, 5) is 33.0. The van der Waals surface area contributed by atoms with Crippen LogP contribution in [0.15, 0.2) is 52.3 Å². The number of hydrogen-bond donors (Lipinski definition) is 2. The minimum Gasteiger partial charge on any atom is -0.496 e. The second-order valence-corrected chi connectivity index (χ2v) is 6.19. The number of hydrogen-bond acceptors (Lipinski definition) is 5. The van der Waals surface area contributed by atoms with Gasteiger partial charge in [-0.1, -0.05) is 0 Å². The molecule has 0 spiro atoms. The summed E-state index contributed by atoms with van der Waals surface area (Å²) in [7, 11) is 1.62. The van der Waals surface area contributed by atoms with E-state index >= 15 is 0 Å². The van der Waals surface area contributed by atoms with Crippen LogP contribution in [0.25, 0.3) is 22.3 Å². The molecule has 4 aromatic rings. The lowest BCUT2D eigenvalue weighted by molar-refractivity contribution is 0.407. The number of pyridine rings is 1. The Morgan fingerprint density at radius 2 is 2.04 bits per heavy atom. The summed E-state index contributed by atoms with van der Waals surface area (Å²) in [6, 6.07) is 9.42. The van der Waals surface area contributed by atoms with Crippen LogP contribution in [0.4, 0.5) is 0 Å². The maximum Gasteiger partial charge on any atom is 0.326 e. The molecule has 3 heterocycles. The van der Waals surface area contributed by atoms with E-state index in [2.05, 4.69) is 20.1 Å². The van der Waals surface area contributed by atoms with Crippen LogP contribution in [0.2, 0.25) is 0 Å². The van der Waals surface area contributed by atoms with Crippen LogP contribution < -0.4 is 16.0 Å². The van der Waals surface area contributed by atoms with Crippen molar-refractivity contribution in [3.8, 4) is 17.0 Å². The van der Waals surface area contributed by atoms with Gasteiger partial charge in [0.05, 0.1) is 24.9 Å². The van der Waals surface area contributed by atoms with Gasteiger partial charge in [0.25, 0.3) is 5.56 Å². The molecule has 0 unspecified atom stereocenters. The topological polar surface area (TPSA) is 106 Å². The Morgan fingerprint density at radius 1 is 1.19 bits per heavy atom. The summed E-state index contributed by atoms with van der Waals surface area (Å²) >= 11 is 0. The van der Waals surface area contributed by atoms with Crippen LogP contribution in [0.1, 0.15) is 11.1 Å². The van der Waals surface area contributed by atoms with E-state index in [-0.39, 0.29) is 5.52 Å². The maximum atomic E-state index is 12.1. The Kier molecular flexibility index (Phi) is 4.08. The van der Waals surface area contributed by atoms with Gasteiger partial charge in [-0.05, 0) is 42.8 Å². The molecule has 0 saturated heterocycles. The van der Waals surface area contributed by atoms with Crippen molar-refractivity contribution in [2.45, 2.75) is 13.5 Å². The number of ether oxygens (including phenoxy) is 1. The van der Waals surface area contributed by atoms with Crippen molar-refractivity contribution in [2.24, 2.45) is 0 Å². The number of nitrogens with zero attached hydrogens (tertiary/aromatic N) is 3. The predicted octanol–water partition coefficient (Wildman–Crippen LogP) is 1.84. The number of aryl methyl sites for hydroxylation is 1. The first-order chi connectivity index (χ1) is 13.0. The van der Waals surface area contributed by atoms with E-state index in [4.69, 9.17) is 4.74 Å². The summed E-state index contributed by atoms with van der Waals surface area (Å²) < 4.78 is 7.26. The van der Waals surface area contributed by atoms with Crippen molar-refractivity contribution < 1.29 is 4.74 Å². The zero-order chi connectivity index (χ0) is 19.0. The highest BCUT2D eigenvalue weighted by molar-refractivity contribution is 5.80. The summed E-state index contributed by atoms with van der Waals surface area (Å²) in [6.45, 7) is 2.38. The molecule has 0 saturated carbocycles. The lowest BCUT2D eigenvalue weighted by atomic mass is 10.0. The van der Waals surface area contributed by atoms with Crippen molar-refractivity contribution >= 4 is 11.0 Å². The van der Waals surface area contributed by atoms with Gasteiger partial charge in [-0.2, -0.15) is 5.10 Å². The lowest BCUT2D eigenvalue weighted by Gasteiger charge is -2.12. The Bertz CT molecular complexity index is 1240. The number of aromatic amines is 2. The fraction of sp³-hybridized carbons (Fsp3) is 0.158. The number of benzene rings is 1. The van der Waals surface area contributed by atoms with Crippen LogP contribution in [-0.2, 0) is 6.54 Å². The molecule has 0 amide bonds. The molecular weight excluding hydrogens is 346 g/mol. The highest BCUT2D eigenvalue weighted by atomic mass is 16.5. The number of nitrogens with one attached hydrogen (secondary N) is 2. The third-order valence-electron chi connectivity index (χ3n) is 4.36. The van der Waals surface area contributed by atoms with Crippen molar-refractivity contribution in [3.63, 3.8) is 0 Å². The molecule has 8 heteroatoms. The molecule has 0 bridgehead atoms. The molecule has 0 aliphatic carbocycles. The Hall–Kier alpha value is -3.68. The molecule has 0 fully saturated rings. The molecule has 0 aliphatic heterocycles. The van der Waals surface area contributed by atoms with Crippen LogP contribution in [0.5, 0.6) is 5.75 Å². The quantitative estimate of drug-likeness (QED) is 0.575. The average molecular weight is 363 g/mol. The number of aromatic nitrogens is 5. The van der Waals surface area contributed by atoms with Gasteiger partial charge in [-0.3, -0.25) is 14.5 Å². The van der Waals surface area contributed by atoms with Crippen LogP contribution >= 0.6 is 0 Å². The van der Waals surface area contributed by atoms with E-state index in [1.54, 1.807) is 18.0 Å². The van der Waals surface area contributed by atoms with Gasteiger partial charge < -0.3 is 9.72 Å². The van der Waals surface area contributed by atoms with Crippen LogP contribution in [-0.4, -0.2) is 31.8 Å². The monoisotopic (exact) mass is 363 g/mol. The minimum absolute atomic E-state index is 0.203. The van der Waals surface area contributed by atoms with Crippen molar-refractivity contribution in [1.29, 1.82) is 0 Å². The second-order valence-electron chi connectivity index (χ2n) is 6.19. The van der Waals surface area contributed by atoms with Gasteiger partial charge in [0.2, 0.25) is 0 Å². The van der Waals surface area contributed by atoms with Gasteiger partial charge in [0.15, 0.2) is 5.52 Å². The van der Waals surface area contributed by atoms with E-state index in [1.807, 2.05) is 43.5 Å². The number of fused-ring (bicyclic) bond motifs is 1. The summed E-state index contributed by atoms with van der Waals surface area (Å²) in [5, 5.41) is 4.23. The molecule has 136 valence electrons. The zero-order valence-electron chi connectivity index (χ0n) is 14.8. The van der Waals surface area contributed by atoms with Gasteiger partial charge in [-0.15, -0.1) is 0 Å². The predicted molar refractivity (Wildman–Crippen MR) is 101 cm³/mol. The molecular formula is C19H17N5O3. The molecule has 0 atom stereocenters. The Labute approximate surface area is 153 Å². The van der Waals surface area contributed by atoms with Gasteiger partial charge in [0.1, 0.15) is 5.75 Å². The SMILES string of the molecule is COc1ccc(-c2cc(C)c3[nH]c(=O)[nH]c(=O)c3n2)cc1Cn1cccn1. The van der Waals surface area contributed by atoms with Crippen molar-refractivity contribution in [1.82, 2.24) is 24.7 Å². The molecule has 3 aromatic heterocycles. The Balaban J connectivity index is 1.86. The van der Waals surface area contributed by atoms with Gasteiger partial charge in [0, 0.05) is 23.5 Å². The van der Waals surface area contributed by atoms with Crippen molar-refractivity contribution in [3.05, 3.63) is 74.7 Å². The first-order valence-electron chi connectivity index (χ1n) is 8.34. The highest BCUT2D eigenvalue weighted by Crippen LogP contribution is 2.27. The Morgan fingerprint density at radius 3 is 2.78 bits per heavy atom. The summed E-state index contributed by atoms with van der Waals surface area (Å²) in [5.74, 6) is 0.744. The van der Waals surface area contributed by atoms with Crippen molar-refractivity contribution in [2.75, 3.05) is 7.11 Å². The fourth-order valence-electron chi connectivity index (χ4n) is 3.08. The van der Waals surface area contributed by atoms with Crippen LogP contribution in [0.3, 0.4) is 0 Å². The summed E-state index contributed by atoms with van der Waals surface area (Å²) in [5.41, 5.74) is 2.78. The fourth-order valence-corrected chi connectivity index (χ4v) is 3.08. The largest absolute Gasteiger partial charge is 0.496 e. The maximum absolute atomic E-state index is 12.1. The number of H-pyrrole nitrogens is 2. The summed E-state index contributed by atoms with van der Waals surface area (Å²) in [6.07, 6.45) is 3.60. The highest BCUT2D eigenvalue weighted by Gasteiger charge is 2.12. The molecule has 0 aliphatic rings. The third kappa shape index (κ3) is 3.12. The van der Waals surface area contributed by atoms with E-state index in [1.165, 1.54) is 0 Å². The molecule has 27 heavy (non-hydrogen) atoms. The zero-order valence-corrected chi connectivity index (χ0v) is 14.8. The number of rotatable bonds is 4. The molecule has 1 aromatic carbocycles. The molecule has 2 N–H and O–H groups in total. The molecule has 4 rings (SSSR count).